The van der Waals surface area contributed by atoms with E-state index in [0.717, 1.165) is 19.0 Å². The fraction of sp³-hybridized carbons (Fsp3) is 0.692. The van der Waals surface area contributed by atoms with Crippen LogP contribution in [0.25, 0.3) is 0 Å². The lowest BCUT2D eigenvalue weighted by atomic mass is 10.1. The molecule has 0 aromatic carbocycles. The average molecular weight is 253 g/mol. The van der Waals surface area contributed by atoms with E-state index in [0.29, 0.717) is 18.6 Å². The van der Waals surface area contributed by atoms with Crippen LogP contribution in [0, 0.1) is 5.92 Å². The molecule has 0 radical (unpaired) electrons. The maximum atomic E-state index is 5.96. The van der Waals surface area contributed by atoms with Gasteiger partial charge < -0.3 is 10.6 Å². The van der Waals surface area contributed by atoms with Crippen molar-refractivity contribution in [2.45, 2.75) is 19.0 Å². The Morgan fingerprint density at radius 3 is 2.76 bits per heavy atom. The topological polar surface area (TPSA) is 32.5 Å². The summed E-state index contributed by atoms with van der Waals surface area (Å²) < 4.78 is 0. The van der Waals surface area contributed by atoms with Crippen molar-refractivity contribution in [3.63, 3.8) is 0 Å². The monoisotopic (exact) mass is 253 g/mol. The number of nitrogens with two attached hydrogens (primary N) is 1. The van der Waals surface area contributed by atoms with Crippen LogP contribution in [-0.4, -0.2) is 49.6 Å². The average Bonchev–Trinajstić information content (AvgIpc) is 2.89. The van der Waals surface area contributed by atoms with E-state index < -0.39 is 0 Å². The molecule has 0 saturated carbocycles. The zero-order chi connectivity index (χ0) is 12.4. The van der Waals surface area contributed by atoms with Crippen LogP contribution in [0.5, 0.6) is 0 Å². The summed E-state index contributed by atoms with van der Waals surface area (Å²) in [7, 11) is 4.35. The minimum absolute atomic E-state index is 0.397. The van der Waals surface area contributed by atoms with Crippen molar-refractivity contribution in [3.05, 3.63) is 22.4 Å². The summed E-state index contributed by atoms with van der Waals surface area (Å²) in [5.41, 5.74) is 7.34. The highest BCUT2D eigenvalue weighted by Gasteiger charge is 2.34. The number of nitrogens with zero attached hydrogens (tertiary/aromatic N) is 2. The van der Waals surface area contributed by atoms with Crippen LogP contribution in [0.4, 0.5) is 0 Å². The molecule has 0 amide bonds. The highest BCUT2D eigenvalue weighted by Crippen LogP contribution is 2.29. The molecule has 2 N–H and O–H groups in total. The number of rotatable bonds is 4. The predicted molar refractivity (Wildman–Crippen MR) is 74.3 cm³/mol. The molecule has 2 heterocycles. The first kappa shape index (κ1) is 13.0. The first-order chi connectivity index (χ1) is 8.13. The minimum Gasteiger partial charge on any atom is -0.329 e. The molecule has 96 valence electrons. The summed E-state index contributed by atoms with van der Waals surface area (Å²) in [6, 6.07) is 3.26. The Morgan fingerprint density at radius 2 is 2.29 bits per heavy atom. The van der Waals surface area contributed by atoms with Gasteiger partial charge in [0.1, 0.15) is 0 Å². The zero-order valence-corrected chi connectivity index (χ0v) is 11.8. The molecular formula is C13H23N3S. The van der Waals surface area contributed by atoms with Crippen molar-refractivity contribution >= 4 is 11.3 Å². The first-order valence-corrected chi connectivity index (χ1v) is 7.20. The van der Waals surface area contributed by atoms with Gasteiger partial charge in [-0.05, 0) is 42.4 Å². The Hall–Kier alpha value is -0.420. The van der Waals surface area contributed by atoms with Crippen LogP contribution in [0.1, 0.15) is 18.5 Å². The van der Waals surface area contributed by atoms with E-state index in [1.54, 1.807) is 11.3 Å². The molecule has 3 nitrogen and oxygen atoms in total. The van der Waals surface area contributed by atoms with Gasteiger partial charge in [-0.15, -0.1) is 0 Å². The summed E-state index contributed by atoms with van der Waals surface area (Å²) in [6.07, 6.45) is 0. The first-order valence-electron chi connectivity index (χ1n) is 6.26. The number of hydrogen-bond acceptors (Lipinski definition) is 4. The molecule has 1 aromatic rings. The molecule has 0 aliphatic carbocycles. The van der Waals surface area contributed by atoms with Gasteiger partial charge in [0.05, 0.1) is 0 Å². The van der Waals surface area contributed by atoms with Crippen molar-refractivity contribution in [2.24, 2.45) is 11.7 Å². The fourth-order valence-corrected chi connectivity index (χ4v) is 3.58. The summed E-state index contributed by atoms with van der Waals surface area (Å²) in [5, 5.41) is 4.37. The summed E-state index contributed by atoms with van der Waals surface area (Å²) in [4.78, 5) is 4.88. The number of likely N-dealkylation sites (tertiary alicyclic amines) is 1. The smallest absolute Gasteiger partial charge is 0.0479 e. The number of likely N-dealkylation sites (N-methyl/N-ethyl adjacent to an activating group) is 1. The second-order valence-corrected chi connectivity index (χ2v) is 6.05. The molecular weight excluding hydrogens is 230 g/mol. The SMILES string of the molecule is CC1CN(C(CN)c2ccsc2)CC1N(C)C. The van der Waals surface area contributed by atoms with Crippen LogP contribution >= 0.6 is 11.3 Å². The molecule has 1 aromatic heterocycles. The van der Waals surface area contributed by atoms with E-state index in [4.69, 9.17) is 5.73 Å². The van der Waals surface area contributed by atoms with Crippen molar-refractivity contribution in [2.75, 3.05) is 33.7 Å². The molecule has 3 atom stereocenters. The molecule has 1 saturated heterocycles. The summed E-state index contributed by atoms with van der Waals surface area (Å²) in [5.74, 6) is 0.720. The van der Waals surface area contributed by atoms with Gasteiger partial charge in [-0.1, -0.05) is 6.92 Å². The van der Waals surface area contributed by atoms with Crippen molar-refractivity contribution in [1.29, 1.82) is 0 Å². The van der Waals surface area contributed by atoms with E-state index in [9.17, 15) is 0 Å². The fourth-order valence-electron chi connectivity index (χ4n) is 2.87. The Bertz CT molecular complexity index is 336. The highest BCUT2D eigenvalue weighted by molar-refractivity contribution is 7.07. The Morgan fingerprint density at radius 1 is 1.53 bits per heavy atom. The third-order valence-corrected chi connectivity index (χ3v) is 4.56. The lowest BCUT2D eigenvalue weighted by Crippen LogP contribution is -2.36. The highest BCUT2D eigenvalue weighted by atomic mass is 32.1. The maximum Gasteiger partial charge on any atom is 0.0479 e. The third kappa shape index (κ3) is 2.71. The van der Waals surface area contributed by atoms with Crippen LogP contribution in [0.3, 0.4) is 0 Å². The molecule has 1 aliphatic heterocycles. The van der Waals surface area contributed by atoms with Gasteiger partial charge in [0.25, 0.3) is 0 Å². The van der Waals surface area contributed by atoms with Gasteiger partial charge in [-0.2, -0.15) is 11.3 Å². The van der Waals surface area contributed by atoms with Crippen molar-refractivity contribution in [1.82, 2.24) is 9.80 Å². The van der Waals surface area contributed by atoms with Gasteiger partial charge in [0.2, 0.25) is 0 Å². The largest absolute Gasteiger partial charge is 0.329 e. The van der Waals surface area contributed by atoms with Crippen LogP contribution in [-0.2, 0) is 0 Å². The maximum absolute atomic E-state index is 5.96. The van der Waals surface area contributed by atoms with Crippen molar-refractivity contribution in [3.8, 4) is 0 Å². The second-order valence-electron chi connectivity index (χ2n) is 5.27. The predicted octanol–water partition coefficient (Wildman–Crippen LogP) is 1.63. The van der Waals surface area contributed by atoms with Crippen LogP contribution in [0.15, 0.2) is 16.8 Å². The van der Waals surface area contributed by atoms with Crippen LogP contribution < -0.4 is 5.73 Å². The van der Waals surface area contributed by atoms with Gasteiger partial charge in [-0.3, -0.25) is 4.90 Å². The second kappa shape index (κ2) is 5.48. The van der Waals surface area contributed by atoms with E-state index in [1.807, 2.05) is 0 Å². The molecule has 17 heavy (non-hydrogen) atoms. The summed E-state index contributed by atoms with van der Waals surface area (Å²) in [6.45, 7) is 5.34. The molecule has 1 aliphatic rings. The molecule has 0 bridgehead atoms. The number of hydrogen-bond donors (Lipinski definition) is 1. The van der Waals surface area contributed by atoms with Gasteiger partial charge >= 0.3 is 0 Å². The van der Waals surface area contributed by atoms with E-state index in [1.165, 1.54) is 5.56 Å². The lowest BCUT2D eigenvalue weighted by Gasteiger charge is -2.27. The van der Waals surface area contributed by atoms with Gasteiger partial charge in [-0.25, -0.2) is 0 Å². The molecule has 2 rings (SSSR count). The lowest BCUT2D eigenvalue weighted by molar-refractivity contribution is 0.220. The number of thiophene rings is 1. The molecule has 4 heteroatoms. The van der Waals surface area contributed by atoms with Crippen LogP contribution in [0.2, 0.25) is 0 Å². The van der Waals surface area contributed by atoms with Gasteiger partial charge in [0.15, 0.2) is 0 Å². The van der Waals surface area contributed by atoms with Crippen molar-refractivity contribution < 1.29 is 0 Å². The van der Waals surface area contributed by atoms with Gasteiger partial charge in [0, 0.05) is 31.7 Å². The standard InChI is InChI=1S/C13H23N3S/c1-10-7-16(8-13(10)15(2)3)12(6-14)11-4-5-17-9-11/h4-5,9-10,12-13H,6-8,14H2,1-3H3. The zero-order valence-electron chi connectivity index (χ0n) is 11.0. The Balaban J connectivity index is 2.08. The third-order valence-electron chi connectivity index (χ3n) is 3.86. The molecule has 0 spiro atoms. The molecule has 1 fully saturated rings. The van der Waals surface area contributed by atoms with E-state index >= 15 is 0 Å². The van der Waals surface area contributed by atoms with E-state index in [2.05, 4.69) is 47.6 Å². The Labute approximate surface area is 108 Å². The summed E-state index contributed by atoms with van der Waals surface area (Å²) >= 11 is 1.76. The van der Waals surface area contributed by atoms with E-state index in [-0.39, 0.29) is 0 Å². The quantitative estimate of drug-likeness (QED) is 0.885. The molecule has 3 unspecified atom stereocenters. The Kier molecular flexibility index (Phi) is 4.20. The normalized spacial score (nSPS) is 27.8. The minimum atomic E-state index is 0.397.